The van der Waals surface area contributed by atoms with Gasteiger partial charge in [-0.25, -0.2) is 0 Å². The van der Waals surface area contributed by atoms with E-state index >= 15 is 0 Å². The van der Waals surface area contributed by atoms with Crippen LogP contribution in [0.2, 0.25) is 0 Å². The van der Waals surface area contributed by atoms with E-state index in [1.54, 1.807) is 18.2 Å². The van der Waals surface area contributed by atoms with Crippen LogP contribution in [0, 0.1) is 21.4 Å². The Bertz CT molecular complexity index is 756. The molecule has 0 spiro atoms. The van der Waals surface area contributed by atoms with Crippen LogP contribution >= 0.6 is 11.8 Å². The van der Waals surface area contributed by atoms with E-state index in [2.05, 4.69) is 5.32 Å². The topological polar surface area (TPSA) is 96.0 Å². The first-order valence-electron chi connectivity index (χ1n) is 6.26. The fraction of sp³-hybridized carbons (Fsp3) is 0.0667. The third kappa shape index (κ3) is 4.07. The molecular weight excluding hydrogens is 302 g/mol. The number of nitrogens with one attached hydrogen (secondary N) is 1. The summed E-state index contributed by atoms with van der Waals surface area (Å²) in [6, 6.07) is 14.6. The number of carbonyl (C=O) groups is 1. The Balaban J connectivity index is 2.13. The van der Waals surface area contributed by atoms with Crippen molar-refractivity contribution in [2.24, 2.45) is 0 Å². The van der Waals surface area contributed by atoms with Crippen LogP contribution in [0.5, 0.6) is 0 Å². The number of anilines is 1. The second-order valence-electron chi connectivity index (χ2n) is 4.24. The number of benzene rings is 2. The van der Waals surface area contributed by atoms with Crippen LogP contribution in [0.4, 0.5) is 11.4 Å². The first kappa shape index (κ1) is 15.5. The van der Waals surface area contributed by atoms with Gasteiger partial charge in [-0.05, 0) is 24.3 Å². The van der Waals surface area contributed by atoms with E-state index in [9.17, 15) is 14.9 Å². The summed E-state index contributed by atoms with van der Waals surface area (Å²) in [6.45, 7) is 0. The minimum atomic E-state index is -0.546. The molecule has 0 aliphatic rings. The van der Waals surface area contributed by atoms with Gasteiger partial charge in [0.25, 0.3) is 11.6 Å². The molecule has 0 aromatic heterocycles. The van der Waals surface area contributed by atoms with Gasteiger partial charge in [0.2, 0.25) is 0 Å². The molecule has 110 valence electrons. The summed E-state index contributed by atoms with van der Waals surface area (Å²) in [4.78, 5) is 23.2. The summed E-state index contributed by atoms with van der Waals surface area (Å²) < 4.78 is 0. The number of nitriles is 1. The summed E-state index contributed by atoms with van der Waals surface area (Å²) in [5, 5.41) is 22.0. The molecule has 0 aliphatic carbocycles. The van der Waals surface area contributed by atoms with E-state index in [4.69, 9.17) is 5.26 Å². The molecule has 2 rings (SSSR count). The van der Waals surface area contributed by atoms with Gasteiger partial charge in [0.15, 0.2) is 0 Å². The number of non-ortho nitro benzene ring substituents is 1. The Morgan fingerprint density at radius 3 is 2.77 bits per heavy atom. The highest BCUT2D eigenvalue weighted by atomic mass is 32.2. The summed E-state index contributed by atoms with van der Waals surface area (Å²) >= 11 is 1.36. The number of nitro benzene ring substituents is 1. The highest BCUT2D eigenvalue weighted by molar-refractivity contribution is 7.99. The third-order valence-corrected chi connectivity index (χ3v) is 3.58. The van der Waals surface area contributed by atoms with E-state index in [-0.39, 0.29) is 11.3 Å². The number of amides is 1. The first-order chi connectivity index (χ1) is 10.6. The van der Waals surface area contributed by atoms with Crippen molar-refractivity contribution >= 4 is 29.0 Å². The monoisotopic (exact) mass is 313 g/mol. The van der Waals surface area contributed by atoms with Gasteiger partial charge in [-0.1, -0.05) is 12.1 Å². The maximum absolute atomic E-state index is 12.1. The van der Waals surface area contributed by atoms with Crippen LogP contribution in [0.15, 0.2) is 53.4 Å². The van der Waals surface area contributed by atoms with Crippen LogP contribution in [0.1, 0.15) is 10.4 Å². The number of hydrogen-bond donors (Lipinski definition) is 1. The predicted molar refractivity (Wildman–Crippen MR) is 83.8 cm³/mol. The molecule has 7 heteroatoms. The Morgan fingerprint density at radius 1 is 1.27 bits per heavy atom. The van der Waals surface area contributed by atoms with Crippen LogP contribution in [0.25, 0.3) is 0 Å². The molecule has 0 radical (unpaired) electrons. The Morgan fingerprint density at radius 2 is 2.05 bits per heavy atom. The number of thioether (sulfide) groups is 1. The number of rotatable bonds is 5. The second kappa shape index (κ2) is 7.24. The first-order valence-corrected chi connectivity index (χ1v) is 7.24. The molecule has 6 nitrogen and oxygen atoms in total. The van der Waals surface area contributed by atoms with E-state index in [1.807, 2.05) is 12.1 Å². The molecule has 2 aromatic rings. The van der Waals surface area contributed by atoms with Crippen molar-refractivity contribution in [3.05, 3.63) is 64.2 Å². The minimum Gasteiger partial charge on any atom is -0.322 e. The Kier molecular flexibility index (Phi) is 5.11. The largest absolute Gasteiger partial charge is 0.322 e. The lowest BCUT2D eigenvalue weighted by molar-refractivity contribution is -0.384. The summed E-state index contributed by atoms with van der Waals surface area (Å²) in [5.74, 6) is -0.103. The van der Waals surface area contributed by atoms with Crippen molar-refractivity contribution in [3.8, 4) is 6.07 Å². The van der Waals surface area contributed by atoms with Crippen molar-refractivity contribution in [1.82, 2.24) is 0 Å². The zero-order chi connectivity index (χ0) is 15.9. The molecule has 22 heavy (non-hydrogen) atoms. The fourth-order valence-electron chi connectivity index (χ4n) is 1.74. The van der Waals surface area contributed by atoms with E-state index in [1.165, 1.54) is 36.0 Å². The van der Waals surface area contributed by atoms with Gasteiger partial charge in [0.05, 0.1) is 16.7 Å². The second-order valence-corrected chi connectivity index (χ2v) is 5.28. The molecule has 1 N–H and O–H groups in total. The summed E-state index contributed by atoms with van der Waals surface area (Å²) in [6.07, 6.45) is 0. The standard InChI is InChI=1S/C15H11N3O3S/c16-7-8-22-14-6-2-4-12(10-14)17-15(19)11-3-1-5-13(9-11)18(20)21/h1-6,9-10H,8H2,(H,17,19). The average Bonchev–Trinajstić information content (AvgIpc) is 2.53. The molecule has 0 unspecified atom stereocenters. The molecule has 0 saturated carbocycles. The fourth-order valence-corrected chi connectivity index (χ4v) is 2.36. The van der Waals surface area contributed by atoms with Gasteiger partial charge in [0, 0.05) is 28.3 Å². The lowest BCUT2D eigenvalue weighted by Crippen LogP contribution is -2.12. The number of hydrogen-bond acceptors (Lipinski definition) is 5. The van der Waals surface area contributed by atoms with Gasteiger partial charge in [0.1, 0.15) is 0 Å². The number of carbonyl (C=O) groups excluding carboxylic acids is 1. The molecule has 1 amide bonds. The number of nitro groups is 1. The predicted octanol–water partition coefficient (Wildman–Crippen LogP) is 3.46. The molecule has 2 aromatic carbocycles. The van der Waals surface area contributed by atoms with Gasteiger partial charge in [-0.2, -0.15) is 5.26 Å². The zero-order valence-corrected chi connectivity index (χ0v) is 12.2. The highest BCUT2D eigenvalue weighted by Gasteiger charge is 2.11. The lowest BCUT2D eigenvalue weighted by atomic mass is 10.2. The Labute approximate surface area is 130 Å². The molecule has 0 atom stereocenters. The summed E-state index contributed by atoms with van der Waals surface area (Å²) in [7, 11) is 0. The van der Waals surface area contributed by atoms with Crippen molar-refractivity contribution < 1.29 is 9.72 Å². The van der Waals surface area contributed by atoms with Crippen LogP contribution in [-0.4, -0.2) is 16.6 Å². The third-order valence-electron chi connectivity index (χ3n) is 2.71. The number of nitrogens with zero attached hydrogens (tertiary/aromatic N) is 2. The van der Waals surface area contributed by atoms with Gasteiger partial charge >= 0.3 is 0 Å². The molecule has 0 saturated heterocycles. The van der Waals surface area contributed by atoms with E-state index < -0.39 is 10.8 Å². The van der Waals surface area contributed by atoms with Gasteiger partial charge < -0.3 is 5.32 Å². The molecule has 0 fully saturated rings. The van der Waals surface area contributed by atoms with Crippen molar-refractivity contribution in [2.75, 3.05) is 11.1 Å². The summed E-state index contributed by atoms with van der Waals surface area (Å²) in [5.41, 5.74) is 0.648. The molecule has 0 heterocycles. The quantitative estimate of drug-likeness (QED) is 0.518. The maximum Gasteiger partial charge on any atom is 0.270 e. The zero-order valence-electron chi connectivity index (χ0n) is 11.4. The SMILES string of the molecule is N#CCSc1cccc(NC(=O)c2cccc([N+](=O)[O-])c2)c1. The lowest BCUT2D eigenvalue weighted by Gasteiger charge is -2.06. The van der Waals surface area contributed by atoms with Crippen molar-refractivity contribution in [3.63, 3.8) is 0 Å². The van der Waals surface area contributed by atoms with Gasteiger partial charge in [-0.3, -0.25) is 14.9 Å². The minimum absolute atomic E-state index is 0.133. The van der Waals surface area contributed by atoms with Crippen LogP contribution in [0.3, 0.4) is 0 Å². The molecular formula is C15H11N3O3S. The molecule has 0 aliphatic heterocycles. The van der Waals surface area contributed by atoms with Crippen molar-refractivity contribution in [2.45, 2.75) is 4.90 Å². The average molecular weight is 313 g/mol. The highest BCUT2D eigenvalue weighted by Crippen LogP contribution is 2.22. The van der Waals surface area contributed by atoms with Crippen molar-refractivity contribution in [1.29, 1.82) is 5.26 Å². The van der Waals surface area contributed by atoms with Crippen LogP contribution in [-0.2, 0) is 0 Å². The Hall–Kier alpha value is -2.85. The normalized spacial score (nSPS) is 9.77. The smallest absolute Gasteiger partial charge is 0.270 e. The van der Waals surface area contributed by atoms with Gasteiger partial charge in [-0.15, -0.1) is 11.8 Å². The van der Waals surface area contributed by atoms with Crippen LogP contribution < -0.4 is 5.32 Å². The maximum atomic E-state index is 12.1. The van der Waals surface area contributed by atoms with E-state index in [0.29, 0.717) is 11.4 Å². The molecule has 0 bridgehead atoms. The van der Waals surface area contributed by atoms with E-state index in [0.717, 1.165) is 4.90 Å².